The van der Waals surface area contributed by atoms with Gasteiger partial charge in [-0.15, -0.1) is 0 Å². The van der Waals surface area contributed by atoms with Crippen molar-refractivity contribution < 1.29 is 17.9 Å². The average molecular weight is 445 g/mol. The second-order valence-corrected chi connectivity index (χ2v) is 8.73. The van der Waals surface area contributed by atoms with Gasteiger partial charge < -0.3 is 9.64 Å². The Kier molecular flexibility index (Phi) is 7.33. The number of anilines is 1. The van der Waals surface area contributed by atoms with Gasteiger partial charge in [-0.25, -0.2) is 8.42 Å². The number of hydrogen-bond donors (Lipinski definition) is 0. The van der Waals surface area contributed by atoms with Gasteiger partial charge in [0.2, 0.25) is 10.0 Å². The molecule has 0 aromatic heterocycles. The molecule has 6 nitrogen and oxygen atoms in total. The van der Waals surface area contributed by atoms with E-state index in [0.29, 0.717) is 28.8 Å². The molecular weight excluding hydrogens is 423 g/mol. The molecule has 0 bridgehead atoms. The standard InChI is InChI=1S/C19H22Cl2N2O4S/c1-5-23(6-2)28(25,26)18-9-13(7-8-17(18)27-4)19(24)22(3)16-11-14(20)10-15(21)12-16/h7-12H,5-6H2,1-4H3. The SMILES string of the molecule is CCN(CC)S(=O)(=O)c1cc(C(=O)N(C)c2cc(Cl)cc(Cl)c2)ccc1OC. The van der Waals surface area contributed by atoms with Crippen LogP contribution in [0.3, 0.4) is 0 Å². The van der Waals surface area contributed by atoms with Crippen LogP contribution in [-0.4, -0.2) is 45.9 Å². The summed E-state index contributed by atoms with van der Waals surface area (Å²) in [5, 5.41) is 0.781. The number of rotatable bonds is 7. The number of ether oxygens (including phenoxy) is 1. The number of amides is 1. The average Bonchev–Trinajstić information content (AvgIpc) is 2.66. The summed E-state index contributed by atoms with van der Waals surface area (Å²) in [5.41, 5.74) is 0.691. The molecule has 2 aromatic rings. The number of halogens is 2. The van der Waals surface area contributed by atoms with Crippen LogP contribution in [0.4, 0.5) is 5.69 Å². The Labute approximate surface area is 175 Å². The van der Waals surface area contributed by atoms with E-state index in [9.17, 15) is 13.2 Å². The zero-order chi connectivity index (χ0) is 21.1. The smallest absolute Gasteiger partial charge is 0.258 e. The van der Waals surface area contributed by atoms with Gasteiger partial charge in [0, 0.05) is 41.4 Å². The van der Waals surface area contributed by atoms with Gasteiger partial charge in [-0.1, -0.05) is 37.0 Å². The van der Waals surface area contributed by atoms with Gasteiger partial charge in [0.25, 0.3) is 5.91 Å². The molecule has 0 atom stereocenters. The summed E-state index contributed by atoms with van der Waals surface area (Å²) in [5.74, 6) is -0.228. The number of nitrogens with zero attached hydrogens (tertiary/aromatic N) is 2. The first-order valence-electron chi connectivity index (χ1n) is 8.58. The fourth-order valence-corrected chi connectivity index (χ4v) is 4.91. The highest BCUT2D eigenvalue weighted by Gasteiger charge is 2.27. The maximum absolute atomic E-state index is 13.0. The van der Waals surface area contributed by atoms with Crippen molar-refractivity contribution in [1.29, 1.82) is 0 Å². The van der Waals surface area contributed by atoms with Crippen LogP contribution in [0.1, 0.15) is 24.2 Å². The predicted molar refractivity (Wildman–Crippen MR) is 112 cm³/mol. The fraction of sp³-hybridized carbons (Fsp3) is 0.316. The van der Waals surface area contributed by atoms with Crippen LogP contribution in [-0.2, 0) is 10.0 Å². The van der Waals surface area contributed by atoms with Gasteiger partial charge in [-0.05, 0) is 36.4 Å². The molecule has 28 heavy (non-hydrogen) atoms. The third kappa shape index (κ3) is 4.60. The van der Waals surface area contributed by atoms with Crippen molar-refractivity contribution in [3.8, 4) is 5.75 Å². The van der Waals surface area contributed by atoms with Crippen LogP contribution in [0, 0.1) is 0 Å². The number of sulfonamides is 1. The summed E-state index contributed by atoms with van der Waals surface area (Å²) in [4.78, 5) is 14.2. The molecule has 152 valence electrons. The second kappa shape index (κ2) is 9.13. The number of carbonyl (C=O) groups is 1. The van der Waals surface area contributed by atoms with Crippen molar-refractivity contribution in [2.24, 2.45) is 0 Å². The van der Waals surface area contributed by atoms with Crippen molar-refractivity contribution in [3.05, 3.63) is 52.0 Å². The number of methoxy groups -OCH3 is 1. The van der Waals surface area contributed by atoms with Crippen LogP contribution in [0.5, 0.6) is 5.75 Å². The zero-order valence-corrected chi connectivity index (χ0v) is 18.4. The Morgan fingerprint density at radius 2 is 1.61 bits per heavy atom. The molecule has 0 unspecified atom stereocenters. The zero-order valence-electron chi connectivity index (χ0n) is 16.1. The molecule has 0 saturated heterocycles. The highest BCUT2D eigenvalue weighted by molar-refractivity contribution is 7.89. The Hall–Kier alpha value is -1.80. The minimum Gasteiger partial charge on any atom is -0.495 e. The molecule has 0 saturated carbocycles. The third-order valence-corrected chi connectivity index (χ3v) is 6.78. The lowest BCUT2D eigenvalue weighted by Gasteiger charge is -2.22. The summed E-state index contributed by atoms with van der Waals surface area (Å²) < 4.78 is 32.5. The lowest BCUT2D eigenvalue weighted by molar-refractivity contribution is 0.0992. The lowest BCUT2D eigenvalue weighted by Crippen LogP contribution is -2.31. The first-order chi connectivity index (χ1) is 13.1. The largest absolute Gasteiger partial charge is 0.495 e. The van der Waals surface area contributed by atoms with Gasteiger partial charge in [0.1, 0.15) is 10.6 Å². The molecule has 0 radical (unpaired) electrons. The normalized spacial score (nSPS) is 11.5. The molecule has 2 aromatic carbocycles. The maximum atomic E-state index is 13.0. The summed E-state index contributed by atoms with van der Waals surface area (Å²) in [6, 6.07) is 9.09. The molecule has 0 fully saturated rings. The van der Waals surface area contributed by atoms with Crippen LogP contribution < -0.4 is 9.64 Å². The summed E-state index contributed by atoms with van der Waals surface area (Å²) >= 11 is 12.0. The van der Waals surface area contributed by atoms with Crippen molar-refractivity contribution in [3.63, 3.8) is 0 Å². The van der Waals surface area contributed by atoms with E-state index in [4.69, 9.17) is 27.9 Å². The van der Waals surface area contributed by atoms with E-state index in [1.54, 1.807) is 39.1 Å². The van der Waals surface area contributed by atoms with Crippen LogP contribution in [0.25, 0.3) is 0 Å². The van der Waals surface area contributed by atoms with Crippen molar-refractivity contribution in [2.75, 3.05) is 32.1 Å². The molecule has 0 heterocycles. The summed E-state index contributed by atoms with van der Waals surface area (Å²) in [6.07, 6.45) is 0. The van der Waals surface area contributed by atoms with Gasteiger partial charge in [0.15, 0.2) is 0 Å². The van der Waals surface area contributed by atoms with E-state index in [-0.39, 0.29) is 16.2 Å². The Morgan fingerprint density at radius 1 is 1.04 bits per heavy atom. The molecule has 2 rings (SSSR count). The fourth-order valence-electron chi connectivity index (χ4n) is 2.76. The van der Waals surface area contributed by atoms with Gasteiger partial charge in [0.05, 0.1) is 7.11 Å². The van der Waals surface area contributed by atoms with Crippen molar-refractivity contribution in [1.82, 2.24) is 4.31 Å². The highest BCUT2D eigenvalue weighted by atomic mass is 35.5. The summed E-state index contributed by atoms with van der Waals surface area (Å²) in [6.45, 7) is 4.11. The van der Waals surface area contributed by atoms with Gasteiger partial charge in [-0.2, -0.15) is 4.31 Å². The first kappa shape index (κ1) is 22.5. The van der Waals surface area contributed by atoms with E-state index in [0.717, 1.165) is 0 Å². The number of carbonyl (C=O) groups excluding carboxylic acids is 1. The molecule has 0 aliphatic heterocycles. The number of hydrogen-bond acceptors (Lipinski definition) is 4. The van der Waals surface area contributed by atoms with Crippen molar-refractivity contribution in [2.45, 2.75) is 18.7 Å². The number of benzene rings is 2. The molecule has 9 heteroatoms. The predicted octanol–water partition coefficient (Wildman–Crippen LogP) is 4.31. The Balaban J connectivity index is 2.51. The molecule has 0 aliphatic rings. The van der Waals surface area contributed by atoms with Crippen LogP contribution >= 0.6 is 23.2 Å². The topological polar surface area (TPSA) is 66.9 Å². The summed E-state index contributed by atoms with van der Waals surface area (Å²) in [7, 11) is -0.859. The third-order valence-electron chi connectivity index (χ3n) is 4.27. The molecule has 1 amide bonds. The quantitative estimate of drug-likeness (QED) is 0.637. The van der Waals surface area contributed by atoms with Crippen LogP contribution in [0.2, 0.25) is 10.0 Å². The van der Waals surface area contributed by atoms with E-state index in [1.165, 1.54) is 34.5 Å². The highest BCUT2D eigenvalue weighted by Crippen LogP contribution is 2.30. The maximum Gasteiger partial charge on any atom is 0.258 e. The van der Waals surface area contributed by atoms with Crippen molar-refractivity contribution >= 4 is 44.8 Å². The molecule has 0 aliphatic carbocycles. The minimum absolute atomic E-state index is 0.0536. The lowest BCUT2D eigenvalue weighted by atomic mass is 10.1. The monoisotopic (exact) mass is 444 g/mol. The first-order valence-corrected chi connectivity index (χ1v) is 10.8. The second-order valence-electron chi connectivity index (χ2n) is 5.95. The van der Waals surface area contributed by atoms with E-state index < -0.39 is 15.9 Å². The Morgan fingerprint density at radius 3 is 2.11 bits per heavy atom. The van der Waals surface area contributed by atoms with E-state index >= 15 is 0 Å². The Bertz CT molecular complexity index is 956. The molecule has 0 N–H and O–H groups in total. The molecular formula is C19H22Cl2N2O4S. The van der Waals surface area contributed by atoms with Gasteiger partial charge in [-0.3, -0.25) is 4.79 Å². The van der Waals surface area contributed by atoms with E-state index in [2.05, 4.69) is 0 Å². The van der Waals surface area contributed by atoms with E-state index in [1.807, 2.05) is 0 Å². The molecule has 0 spiro atoms. The minimum atomic E-state index is -3.81. The van der Waals surface area contributed by atoms with Crippen LogP contribution in [0.15, 0.2) is 41.3 Å². The van der Waals surface area contributed by atoms with Gasteiger partial charge >= 0.3 is 0 Å².